The average Bonchev–Trinajstić information content (AvgIpc) is 3.45. The van der Waals surface area contributed by atoms with Crippen LogP contribution in [0, 0.1) is 13.8 Å². The minimum absolute atomic E-state index is 0.0658. The molecular formula is C23H25N3O. The standard InChI is InChI=1S/C23H25N3O/c1-17-21(18(2)26(25-17)20-11-7-4-8-12-20)15-22(27)24-16-23(13-14-23)19-9-5-3-6-10-19/h3-12H,13-16H2,1-2H3,(H,24,27). The molecule has 1 aliphatic rings. The molecule has 2 aromatic carbocycles. The minimum Gasteiger partial charge on any atom is -0.355 e. The zero-order valence-electron chi connectivity index (χ0n) is 15.9. The van der Waals surface area contributed by atoms with E-state index in [0.717, 1.165) is 35.5 Å². The topological polar surface area (TPSA) is 46.9 Å². The molecule has 1 fully saturated rings. The number of benzene rings is 2. The number of aromatic nitrogens is 2. The van der Waals surface area contributed by atoms with Gasteiger partial charge in [0.1, 0.15) is 0 Å². The van der Waals surface area contributed by atoms with Crippen LogP contribution >= 0.6 is 0 Å². The fourth-order valence-corrected chi connectivity index (χ4v) is 3.75. The van der Waals surface area contributed by atoms with Crippen LogP contribution in [0.5, 0.6) is 0 Å². The zero-order chi connectivity index (χ0) is 18.9. The van der Waals surface area contributed by atoms with Crippen molar-refractivity contribution < 1.29 is 4.79 Å². The summed E-state index contributed by atoms with van der Waals surface area (Å²) in [5, 5.41) is 7.80. The van der Waals surface area contributed by atoms with Crippen LogP contribution in [0.1, 0.15) is 35.4 Å². The largest absolute Gasteiger partial charge is 0.355 e. The van der Waals surface area contributed by atoms with Crippen molar-refractivity contribution in [1.82, 2.24) is 15.1 Å². The molecule has 4 nitrogen and oxygen atoms in total. The van der Waals surface area contributed by atoms with Crippen molar-refractivity contribution >= 4 is 5.91 Å². The van der Waals surface area contributed by atoms with Gasteiger partial charge in [0.15, 0.2) is 0 Å². The van der Waals surface area contributed by atoms with E-state index < -0.39 is 0 Å². The van der Waals surface area contributed by atoms with Gasteiger partial charge in [-0.25, -0.2) is 4.68 Å². The second-order valence-corrected chi connectivity index (χ2v) is 7.50. The molecule has 0 atom stereocenters. The van der Waals surface area contributed by atoms with Gasteiger partial charge in [-0.3, -0.25) is 4.79 Å². The van der Waals surface area contributed by atoms with Crippen molar-refractivity contribution in [3.8, 4) is 5.69 Å². The third-order valence-electron chi connectivity index (χ3n) is 5.64. The highest BCUT2D eigenvalue weighted by Crippen LogP contribution is 2.47. The second kappa shape index (κ2) is 7.03. The molecule has 1 N–H and O–H groups in total. The van der Waals surface area contributed by atoms with E-state index in [1.165, 1.54) is 5.56 Å². The summed E-state index contributed by atoms with van der Waals surface area (Å²) in [4.78, 5) is 12.6. The lowest BCUT2D eigenvalue weighted by Crippen LogP contribution is -2.33. The first-order valence-electron chi connectivity index (χ1n) is 9.52. The second-order valence-electron chi connectivity index (χ2n) is 7.50. The maximum Gasteiger partial charge on any atom is 0.224 e. The maximum absolute atomic E-state index is 12.6. The van der Waals surface area contributed by atoms with Gasteiger partial charge in [0, 0.05) is 23.2 Å². The van der Waals surface area contributed by atoms with Gasteiger partial charge in [0.05, 0.1) is 17.8 Å². The summed E-state index contributed by atoms with van der Waals surface area (Å²) in [5.74, 6) is 0.0658. The van der Waals surface area contributed by atoms with Crippen molar-refractivity contribution in [2.24, 2.45) is 0 Å². The third-order valence-corrected chi connectivity index (χ3v) is 5.64. The number of para-hydroxylation sites is 1. The normalized spacial score (nSPS) is 14.7. The Morgan fingerprint density at radius 1 is 1.04 bits per heavy atom. The molecule has 1 aliphatic carbocycles. The molecule has 138 valence electrons. The number of carbonyl (C=O) groups excluding carboxylic acids is 1. The summed E-state index contributed by atoms with van der Waals surface area (Å²) in [6.07, 6.45) is 2.65. The van der Waals surface area contributed by atoms with Crippen LogP contribution in [0.25, 0.3) is 5.69 Å². The van der Waals surface area contributed by atoms with Gasteiger partial charge in [0.25, 0.3) is 0 Å². The summed E-state index contributed by atoms with van der Waals surface area (Å²) in [7, 11) is 0. The number of nitrogens with one attached hydrogen (secondary N) is 1. The zero-order valence-corrected chi connectivity index (χ0v) is 15.9. The monoisotopic (exact) mass is 359 g/mol. The van der Waals surface area contributed by atoms with Gasteiger partial charge in [-0.15, -0.1) is 0 Å². The number of aryl methyl sites for hydroxylation is 1. The molecule has 1 aromatic heterocycles. The fourth-order valence-electron chi connectivity index (χ4n) is 3.75. The van der Waals surface area contributed by atoms with Gasteiger partial charge in [-0.05, 0) is 44.4 Å². The number of rotatable bonds is 6. The molecule has 3 aromatic rings. The molecule has 0 radical (unpaired) electrons. The van der Waals surface area contributed by atoms with E-state index in [-0.39, 0.29) is 11.3 Å². The first kappa shape index (κ1) is 17.5. The van der Waals surface area contributed by atoms with Crippen molar-refractivity contribution in [2.45, 2.75) is 38.5 Å². The van der Waals surface area contributed by atoms with E-state index in [4.69, 9.17) is 0 Å². The van der Waals surface area contributed by atoms with E-state index in [2.05, 4.69) is 34.7 Å². The Hall–Kier alpha value is -2.88. The average molecular weight is 359 g/mol. The highest BCUT2D eigenvalue weighted by atomic mass is 16.1. The molecule has 0 unspecified atom stereocenters. The lowest BCUT2D eigenvalue weighted by molar-refractivity contribution is -0.120. The van der Waals surface area contributed by atoms with Crippen LogP contribution in [0.2, 0.25) is 0 Å². The van der Waals surface area contributed by atoms with Crippen LogP contribution in [-0.2, 0) is 16.6 Å². The molecule has 1 saturated carbocycles. The van der Waals surface area contributed by atoms with Crippen LogP contribution in [0.4, 0.5) is 0 Å². The number of amides is 1. The lowest BCUT2D eigenvalue weighted by atomic mass is 9.96. The highest BCUT2D eigenvalue weighted by Gasteiger charge is 2.44. The molecule has 27 heavy (non-hydrogen) atoms. The SMILES string of the molecule is Cc1nn(-c2ccccc2)c(C)c1CC(=O)NCC1(c2ccccc2)CC1. The smallest absolute Gasteiger partial charge is 0.224 e. The van der Waals surface area contributed by atoms with Crippen LogP contribution in [0.3, 0.4) is 0 Å². The summed E-state index contributed by atoms with van der Waals surface area (Å²) < 4.78 is 1.92. The Balaban J connectivity index is 1.44. The molecule has 0 aliphatic heterocycles. The Kier molecular flexibility index (Phi) is 4.56. The van der Waals surface area contributed by atoms with Crippen molar-refractivity contribution in [3.63, 3.8) is 0 Å². The quantitative estimate of drug-likeness (QED) is 0.726. The van der Waals surface area contributed by atoms with E-state index in [0.29, 0.717) is 13.0 Å². The molecule has 0 spiro atoms. The van der Waals surface area contributed by atoms with Gasteiger partial charge in [-0.2, -0.15) is 5.10 Å². The van der Waals surface area contributed by atoms with Gasteiger partial charge < -0.3 is 5.32 Å². The number of hydrogen-bond acceptors (Lipinski definition) is 2. The number of carbonyl (C=O) groups is 1. The molecule has 4 heteroatoms. The first-order chi connectivity index (χ1) is 13.1. The highest BCUT2D eigenvalue weighted by molar-refractivity contribution is 5.79. The predicted molar refractivity (Wildman–Crippen MR) is 107 cm³/mol. The van der Waals surface area contributed by atoms with Gasteiger partial charge in [-0.1, -0.05) is 48.5 Å². The van der Waals surface area contributed by atoms with Crippen LogP contribution in [0.15, 0.2) is 60.7 Å². The molecule has 0 bridgehead atoms. The minimum atomic E-state index is 0.0658. The van der Waals surface area contributed by atoms with E-state index in [1.807, 2.05) is 54.9 Å². The predicted octanol–water partition coefficient (Wildman–Crippen LogP) is 3.88. The van der Waals surface area contributed by atoms with Crippen molar-refractivity contribution in [1.29, 1.82) is 0 Å². The van der Waals surface area contributed by atoms with Crippen molar-refractivity contribution in [2.75, 3.05) is 6.54 Å². The number of nitrogens with zero attached hydrogens (tertiary/aromatic N) is 2. The Morgan fingerprint density at radius 2 is 1.67 bits per heavy atom. The van der Waals surface area contributed by atoms with Crippen molar-refractivity contribution in [3.05, 3.63) is 83.2 Å². The van der Waals surface area contributed by atoms with E-state index >= 15 is 0 Å². The summed E-state index contributed by atoms with van der Waals surface area (Å²) >= 11 is 0. The van der Waals surface area contributed by atoms with Crippen LogP contribution in [-0.4, -0.2) is 22.2 Å². The van der Waals surface area contributed by atoms with Crippen LogP contribution < -0.4 is 5.32 Å². The Morgan fingerprint density at radius 3 is 2.30 bits per heavy atom. The maximum atomic E-state index is 12.6. The lowest BCUT2D eigenvalue weighted by Gasteiger charge is -2.16. The summed E-state index contributed by atoms with van der Waals surface area (Å²) in [6, 6.07) is 20.5. The summed E-state index contributed by atoms with van der Waals surface area (Å²) in [5.41, 5.74) is 5.44. The molecule has 1 amide bonds. The first-order valence-corrected chi connectivity index (χ1v) is 9.52. The fraction of sp³-hybridized carbons (Fsp3) is 0.304. The third kappa shape index (κ3) is 3.52. The molecule has 1 heterocycles. The van der Waals surface area contributed by atoms with Gasteiger partial charge >= 0.3 is 0 Å². The molecular weight excluding hydrogens is 334 g/mol. The van der Waals surface area contributed by atoms with E-state index in [1.54, 1.807) is 0 Å². The Labute approximate surface area is 160 Å². The molecule has 4 rings (SSSR count). The summed E-state index contributed by atoms with van der Waals surface area (Å²) in [6.45, 7) is 4.71. The van der Waals surface area contributed by atoms with Gasteiger partial charge in [0.2, 0.25) is 5.91 Å². The Bertz CT molecular complexity index is 941. The van der Waals surface area contributed by atoms with E-state index in [9.17, 15) is 4.79 Å². The number of hydrogen-bond donors (Lipinski definition) is 1. The molecule has 0 saturated heterocycles.